The number of hydrogen-bond donors (Lipinski definition) is 2. The molecule has 1 aromatic rings. The maximum atomic E-state index is 12.0. The SMILES string of the molecule is CC(C)C(=O)NCC(=O)Nc1cccc(N2C(=O)CCC2C)c1. The third-order valence-corrected chi connectivity index (χ3v) is 3.84. The van der Waals surface area contributed by atoms with Gasteiger partial charge in [-0.1, -0.05) is 19.9 Å². The van der Waals surface area contributed by atoms with Crippen LogP contribution >= 0.6 is 0 Å². The van der Waals surface area contributed by atoms with Gasteiger partial charge in [0.1, 0.15) is 0 Å². The van der Waals surface area contributed by atoms with E-state index >= 15 is 0 Å². The molecule has 6 nitrogen and oxygen atoms in total. The third kappa shape index (κ3) is 4.31. The number of hydrogen-bond acceptors (Lipinski definition) is 3. The summed E-state index contributed by atoms with van der Waals surface area (Å²) in [6, 6.07) is 7.36. The first-order valence-corrected chi connectivity index (χ1v) is 7.88. The van der Waals surface area contributed by atoms with E-state index in [1.807, 2.05) is 13.0 Å². The lowest BCUT2D eigenvalue weighted by molar-refractivity contribution is -0.126. The predicted octanol–water partition coefficient (Wildman–Crippen LogP) is 1.91. The minimum atomic E-state index is -0.294. The Hall–Kier alpha value is -2.37. The van der Waals surface area contributed by atoms with Gasteiger partial charge in [-0.25, -0.2) is 0 Å². The molecular formula is C17H23N3O3. The molecule has 0 aromatic heterocycles. The van der Waals surface area contributed by atoms with Crippen LogP contribution in [0.5, 0.6) is 0 Å². The van der Waals surface area contributed by atoms with Crippen LogP contribution in [-0.4, -0.2) is 30.3 Å². The normalized spacial score (nSPS) is 17.5. The first-order valence-electron chi connectivity index (χ1n) is 7.88. The summed E-state index contributed by atoms with van der Waals surface area (Å²) in [5.41, 5.74) is 1.39. The molecule has 0 saturated carbocycles. The summed E-state index contributed by atoms with van der Waals surface area (Å²) in [7, 11) is 0. The zero-order valence-electron chi connectivity index (χ0n) is 13.8. The Kier molecular flexibility index (Phi) is 5.36. The second-order valence-electron chi connectivity index (χ2n) is 6.12. The molecule has 0 radical (unpaired) electrons. The van der Waals surface area contributed by atoms with Crippen LogP contribution in [0.15, 0.2) is 24.3 Å². The van der Waals surface area contributed by atoms with Crippen molar-refractivity contribution in [2.24, 2.45) is 5.92 Å². The monoisotopic (exact) mass is 317 g/mol. The molecule has 1 atom stereocenters. The molecular weight excluding hydrogens is 294 g/mol. The summed E-state index contributed by atoms with van der Waals surface area (Å²) in [6.45, 7) is 5.48. The van der Waals surface area contributed by atoms with Gasteiger partial charge in [0, 0.05) is 29.8 Å². The Morgan fingerprint density at radius 1 is 1.35 bits per heavy atom. The van der Waals surface area contributed by atoms with Gasteiger partial charge in [-0.3, -0.25) is 14.4 Å². The highest BCUT2D eigenvalue weighted by Gasteiger charge is 2.28. The van der Waals surface area contributed by atoms with Gasteiger partial charge in [0.05, 0.1) is 6.54 Å². The number of carbonyl (C=O) groups excluding carboxylic acids is 3. The Morgan fingerprint density at radius 2 is 2.09 bits per heavy atom. The van der Waals surface area contributed by atoms with Crippen molar-refractivity contribution in [3.63, 3.8) is 0 Å². The zero-order valence-corrected chi connectivity index (χ0v) is 13.8. The summed E-state index contributed by atoms with van der Waals surface area (Å²) in [5.74, 6) is -0.513. The summed E-state index contributed by atoms with van der Waals surface area (Å²) in [4.78, 5) is 37.1. The van der Waals surface area contributed by atoms with Crippen molar-refractivity contribution in [1.82, 2.24) is 5.32 Å². The van der Waals surface area contributed by atoms with Gasteiger partial charge < -0.3 is 15.5 Å². The number of amides is 3. The standard InChI is InChI=1S/C17H23N3O3/c1-11(2)17(23)18-10-15(21)19-13-5-4-6-14(9-13)20-12(3)7-8-16(20)22/h4-6,9,11-12H,7-8,10H2,1-3H3,(H,18,23)(H,19,21). The fraction of sp³-hybridized carbons (Fsp3) is 0.471. The number of benzene rings is 1. The first-order chi connectivity index (χ1) is 10.9. The van der Waals surface area contributed by atoms with Crippen molar-refractivity contribution in [3.8, 4) is 0 Å². The summed E-state index contributed by atoms with van der Waals surface area (Å²) >= 11 is 0. The van der Waals surface area contributed by atoms with E-state index in [1.54, 1.807) is 36.9 Å². The Balaban J connectivity index is 1.99. The average Bonchev–Trinajstić information content (AvgIpc) is 2.84. The van der Waals surface area contributed by atoms with Gasteiger partial charge in [0.25, 0.3) is 0 Å². The maximum Gasteiger partial charge on any atom is 0.243 e. The number of anilines is 2. The summed E-state index contributed by atoms with van der Waals surface area (Å²) in [6.07, 6.45) is 1.40. The molecule has 1 fully saturated rings. The van der Waals surface area contributed by atoms with Crippen LogP contribution in [0.4, 0.5) is 11.4 Å². The lowest BCUT2D eigenvalue weighted by Gasteiger charge is -2.22. The minimum absolute atomic E-state index is 0.0692. The molecule has 23 heavy (non-hydrogen) atoms. The second kappa shape index (κ2) is 7.26. The summed E-state index contributed by atoms with van der Waals surface area (Å²) < 4.78 is 0. The molecule has 0 aliphatic carbocycles. The Labute approximate surface area is 136 Å². The quantitative estimate of drug-likeness (QED) is 0.871. The number of nitrogens with zero attached hydrogens (tertiary/aromatic N) is 1. The molecule has 1 saturated heterocycles. The summed E-state index contributed by atoms with van der Waals surface area (Å²) in [5, 5.41) is 5.31. The van der Waals surface area contributed by atoms with Crippen molar-refractivity contribution in [1.29, 1.82) is 0 Å². The molecule has 6 heteroatoms. The van der Waals surface area contributed by atoms with Gasteiger partial charge in [0.2, 0.25) is 17.7 Å². The molecule has 3 amide bonds. The predicted molar refractivity (Wildman–Crippen MR) is 89.1 cm³/mol. The lowest BCUT2D eigenvalue weighted by atomic mass is 10.2. The molecule has 2 rings (SSSR count). The molecule has 0 bridgehead atoms. The van der Waals surface area contributed by atoms with Gasteiger partial charge in [0.15, 0.2) is 0 Å². The fourth-order valence-corrected chi connectivity index (χ4v) is 2.54. The molecule has 0 spiro atoms. The van der Waals surface area contributed by atoms with Crippen molar-refractivity contribution in [3.05, 3.63) is 24.3 Å². The van der Waals surface area contributed by atoms with E-state index in [-0.39, 0.29) is 36.2 Å². The molecule has 1 unspecified atom stereocenters. The van der Waals surface area contributed by atoms with E-state index in [0.29, 0.717) is 12.1 Å². The van der Waals surface area contributed by atoms with Gasteiger partial charge >= 0.3 is 0 Å². The molecule has 124 valence electrons. The fourth-order valence-electron chi connectivity index (χ4n) is 2.54. The smallest absolute Gasteiger partial charge is 0.243 e. The van der Waals surface area contributed by atoms with E-state index in [0.717, 1.165) is 12.1 Å². The second-order valence-corrected chi connectivity index (χ2v) is 6.12. The average molecular weight is 317 g/mol. The molecule has 1 aromatic carbocycles. The van der Waals surface area contributed by atoms with Crippen LogP contribution in [0.3, 0.4) is 0 Å². The Morgan fingerprint density at radius 3 is 2.70 bits per heavy atom. The van der Waals surface area contributed by atoms with Crippen LogP contribution in [0.2, 0.25) is 0 Å². The van der Waals surface area contributed by atoms with Crippen molar-refractivity contribution < 1.29 is 14.4 Å². The van der Waals surface area contributed by atoms with Gasteiger partial charge in [-0.15, -0.1) is 0 Å². The van der Waals surface area contributed by atoms with E-state index in [1.165, 1.54) is 0 Å². The molecule has 1 aliphatic rings. The molecule has 1 heterocycles. The van der Waals surface area contributed by atoms with Gasteiger partial charge in [-0.05, 0) is 31.5 Å². The molecule has 2 N–H and O–H groups in total. The van der Waals surface area contributed by atoms with E-state index in [2.05, 4.69) is 10.6 Å². The van der Waals surface area contributed by atoms with Crippen molar-refractivity contribution in [2.45, 2.75) is 39.7 Å². The molecule has 1 aliphatic heterocycles. The van der Waals surface area contributed by atoms with Crippen LogP contribution in [0, 0.1) is 5.92 Å². The highest BCUT2D eigenvalue weighted by molar-refractivity contribution is 5.98. The lowest BCUT2D eigenvalue weighted by Crippen LogP contribution is -2.35. The van der Waals surface area contributed by atoms with Crippen LogP contribution in [-0.2, 0) is 14.4 Å². The van der Waals surface area contributed by atoms with E-state index in [9.17, 15) is 14.4 Å². The zero-order chi connectivity index (χ0) is 17.0. The van der Waals surface area contributed by atoms with Crippen LogP contribution in [0.1, 0.15) is 33.6 Å². The van der Waals surface area contributed by atoms with Crippen LogP contribution in [0.25, 0.3) is 0 Å². The first kappa shape index (κ1) is 17.0. The van der Waals surface area contributed by atoms with Crippen molar-refractivity contribution in [2.75, 3.05) is 16.8 Å². The van der Waals surface area contributed by atoms with E-state index < -0.39 is 0 Å². The maximum absolute atomic E-state index is 12.0. The highest BCUT2D eigenvalue weighted by Crippen LogP contribution is 2.28. The number of nitrogens with one attached hydrogen (secondary N) is 2. The van der Waals surface area contributed by atoms with Crippen LogP contribution < -0.4 is 15.5 Å². The van der Waals surface area contributed by atoms with E-state index in [4.69, 9.17) is 0 Å². The number of rotatable bonds is 5. The highest BCUT2D eigenvalue weighted by atomic mass is 16.2. The van der Waals surface area contributed by atoms with Gasteiger partial charge in [-0.2, -0.15) is 0 Å². The Bertz CT molecular complexity index is 613. The third-order valence-electron chi connectivity index (χ3n) is 3.84. The largest absolute Gasteiger partial charge is 0.347 e. The topological polar surface area (TPSA) is 78.5 Å². The minimum Gasteiger partial charge on any atom is -0.347 e. The van der Waals surface area contributed by atoms with Crippen molar-refractivity contribution >= 4 is 29.1 Å². The number of carbonyl (C=O) groups is 3.